The minimum absolute atomic E-state index is 0.0152. The van der Waals surface area contributed by atoms with Gasteiger partial charge in [-0.1, -0.05) is 27.2 Å². The van der Waals surface area contributed by atoms with Crippen molar-refractivity contribution in [1.29, 1.82) is 0 Å². The van der Waals surface area contributed by atoms with Crippen LogP contribution in [0.25, 0.3) is 0 Å². The van der Waals surface area contributed by atoms with Gasteiger partial charge < -0.3 is 15.4 Å². The monoisotopic (exact) mass is 334 g/mol. The van der Waals surface area contributed by atoms with Gasteiger partial charge >= 0.3 is 0 Å². The van der Waals surface area contributed by atoms with Crippen LogP contribution in [0.2, 0.25) is 0 Å². The van der Waals surface area contributed by atoms with E-state index >= 15 is 0 Å². The molecule has 0 spiro atoms. The summed E-state index contributed by atoms with van der Waals surface area (Å²) in [6.45, 7) is 6.49. The first-order valence-corrected chi connectivity index (χ1v) is 8.33. The number of anilines is 2. The van der Waals surface area contributed by atoms with Crippen LogP contribution in [0.4, 0.5) is 11.6 Å². The number of nitrogens with two attached hydrogens (primary N) is 1. The van der Waals surface area contributed by atoms with E-state index in [2.05, 4.69) is 11.9 Å². The summed E-state index contributed by atoms with van der Waals surface area (Å²) < 4.78 is 5.76. The standard InChI is InChI=1S/C17H26N4O3/c1-5-6-9-20(4)14(22)10-21-16-12(7-8-13(18)19-16)24-15(11(2)3)17(21)23/h7-8,11,15H,5-6,9-10H2,1-4H3,(H2,18,19). The molecule has 0 fully saturated rings. The van der Waals surface area contributed by atoms with E-state index in [-0.39, 0.29) is 30.1 Å². The lowest BCUT2D eigenvalue weighted by Crippen LogP contribution is -2.52. The first kappa shape index (κ1) is 18.0. The number of amides is 2. The van der Waals surface area contributed by atoms with E-state index < -0.39 is 6.10 Å². The highest BCUT2D eigenvalue weighted by molar-refractivity contribution is 6.03. The van der Waals surface area contributed by atoms with Gasteiger partial charge in [0, 0.05) is 13.6 Å². The first-order valence-electron chi connectivity index (χ1n) is 8.33. The number of unbranched alkanes of at least 4 members (excludes halogenated alkanes) is 1. The quantitative estimate of drug-likeness (QED) is 0.855. The fourth-order valence-electron chi connectivity index (χ4n) is 2.53. The average Bonchev–Trinajstić information content (AvgIpc) is 2.54. The minimum atomic E-state index is -0.628. The minimum Gasteiger partial charge on any atom is -0.476 e. The third-order valence-electron chi connectivity index (χ3n) is 4.05. The zero-order valence-corrected chi connectivity index (χ0v) is 14.8. The van der Waals surface area contributed by atoms with Gasteiger partial charge in [-0.15, -0.1) is 0 Å². The van der Waals surface area contributed by atoms with E-state index in [4.69, 9.17) is 10.5 Å². The maximum Gasteiger partial charge on any atom is 0.270 e. The van der Waals surface area contributed by atoms with Gasteiger partial charge in [-0.25, -0.2) is 4.98 Å². The van der Waals surface area contributed by atoms with Gasteiger partial charge in [-0.05, 0) is 24.5 Å². The molecule has 2 rings (SSSR count). The van der Waals surface area contributed by atoms with E-state index in [0.717, 1.165) is 12.8 Å². The first-order chi connectivity index (χ1) is 11.3. The molecule has 0 aliphatic carbocycles. The molecule has 7 nitrogen and oxygen atoms in total. The molecule has 0 radical (unpaired) electrons. The molecule has 1 unspecified atom stereocenters. The number of likely N-dealkylation sites (N-methyl/N-ethyl adjacent to an activating group) is 1. The largest absolute Gasteiger partial charge is 0.476 e. The number of fused-ring (bicyclic) bond motifs is 1. The molecule has 0 aromatic carbocycles. The summed E-state index contributed by atoms with van der Waals surface area (Å²) in [5.41, 5.74) is 5.74. The second-order valence-corrected chi connectivity index (χ2v) is 6.43. The summed E-state index contributed by atoms with van der Waals surface area (Å²) in [6.07, 6.45) is 1.30. The van der Waals surface area contributed by atoms with Crippen LogP contribution in [0.3, 0.4) is 0 Å². The van der Waals surface area contributed by atoms with Crippen LogP contribution in [0, 0.1) is 5.92 Å². The zero-order valence-electron chi connectivity index (χ0n) is 14.8. The molecular weight excluding hydrogens is 308 g/mol. The molecule has 1 aromatic rings. The molecule has 2 amide bonds. The maximum atomic E-state index is 12.8. The Morgan fingerprint density at radius 3 is 2.79 bits per heavy atom. The van der Waals surface area contributed by atoms with Crippen molar-refractivity contribution < 1.29 is 14.3 Å². The van der Waals surface area contributed by atoms with Crippen molar-refractivity contribution in [3.8, 4) is 5.75 Å². The van der Waals surface area contributed by atoms with Crippen LogP contribution >= 0.6 is 0 Å². The fourth-order valence-corrected chi connectivity index (χ4v) is 2.53. The van der Waals surface area contributed by atoms with Crippen molar-refractivity contribution in [2.75, 3.05) is 30.8 Å². The van der Waals surface area contributed by atoms with Crippen LogP contribution in [0.1, 0.15) is 33.6 Å². The predicted molar refractivity (Wildman–Crippen MR) is 92.8 cm³/mol. The van der Waals surface area contributed by atoms with E-state index in [9.17, 15) is 9.59 Å². The third-order valence-corrected chi connectivity index (χ3v) is 4.05. The van der Waals surface area contributed by atoms with Gasteiger partial charge in [-0.2, -0.15) is 0 Å². The lowest BCUT2D eigenvalue weighted by Gasteiger charge is -2.35. The number of aromatic nitrogens is 1. The molecule has 1 aromatic heterocycles. The van der Waals surface area contributed by atoms with Gasteiger partial charge in [0.25, 0.3) is 5.91 Å². The molecule has 0 saturated heterocycles. The van der Waals surface area contributed by atoms with E-state index in [0.29, 0.717) is 18.1 Å². The van der Waals surface area contributed by atoms with Crippen LogP contribution < -0.4 is 15.4 Å². The SMILES string of the molecule is CCCCN(C)C(=O)CN1C(=O)C(C(C)C)Oc2ccc(N)nc21. The Bertz CT molecular complexity index is 618. The molecule has 1 aliphatic rings. The van der Waals surface area contributed by atoms with Crippen LogP contribution in [-0.2, 0) is 9.59 Å². The molecule has 1 atom stereocenters. The molecule has 2 heterocycles. The highest BCUT2D eigenvalue weighted by Gasteiger charge is 2.38. The number of carbonyl (C=O) groups excluding carboxylic acids is 2. The number of nitrogen functional groups attached to an aromatic ring is 1. The maximum absolute atomic E-state index is 12.8. The fraction of sp³-hybridized carbons (Fsp3) is 0.588. The van der Waals surface area contributed by atoms with Crippen LogP contribution in [0.15, 0.2) is 12.1 Å². The molecule has 2 N–H and O–H groups in total. The Morgan fingerprint density at radius 2 is 2.17 bits per heavy atom. The normalized spacial score (nSPS) is 16.8. The average molecular weight is 334 g/mol. The van der Waals surface area contributed by atoms with Gasteiger partial charge in [0.1, 0.15) is 12.4 Å². The number of rotatable bonds is 6. The number of carbonyl (C=O) groups is 2. The van der Waals surface area contributed by atoms with Gasteiger partial charge in [0.2, 0.25) is 5.91 Å². The Morgan fingerprint density at radius 1 is 1.46 bits per heavy atom. The Balaban J connectivity index is 2.27. The number of ether oxygens (including phenoxy) is 1. The Labute approximate surface area is 142 Å². The second kappa shape index (κ2) is 7.51. The Kier molecular flexibility index (Phi) is 5.64. The van der Waals surface area contributed by atoms with Crippen LogP contribution in [0.5, 0.6) is 5.75 Å². The summed E-state index contributed by atoms with van der Waals surface area (Å²) in [5.74, 6) is 0.674. The Hall–Kier alpha value is -2.31. The number of hydrogen-bond acceptors (Lipinski definition) is 5. The van der Waals surface area contributed by atoms with Gasteiger partial charge in [0.05, 0.1) is 0 Å². The summed E-state index contributed by atoms with van der Waals surface area (Å²) in [4.78, 5) is 32.5. The summed E-state index contributed by atoms with van der Waals surface area (Å²) >= 11 is 0. The van der Waals surface area contributed by atoms with Crippen molar-refractivity contribution >= 4 is 23.5 Å². The van der Waals surface area contributed by atoms with Crippen molar-refractivity contribution in [3.63, 3.8) is 0 Å². The molecular formula is C17H26N4O3. The third kappa shape index (κ3) is 3.77. The summed E-state index contributed by atoms with van der Waals surface area (Å²) in [5, 5.41) is 0. The van der Waals surface area contributed by atoms with Crippen molar-refractivity contribution in [1.82, 2.24) is 9.88 Å². The smallest absolute Gasteiger partial charge is 0.270 e. The molecule has 24 heavy (non-hydrogen) atoms. The van der Waals surface area contributed by atoms with Crippen LogP contribution in [-0.4, -0.2) is 47.9 Å². The summed E-state index contributed by atoms with van der Waals surface area (Å²) in [6, 6.07) is 3.32. The van der Waals surface area contributed by atoms with Gasteiger partial charge in [-0.3, -0.25) is 14.5 Å². The highest BCUT2D eigenvalue weighted by Crippen LogP contribution is 2.34. The number of pyridine rings is 1. The van der Waals surface area contributed by atoms with Gasteiger partial charge in [0.15, 0.2) is 17.7 Å². The van der Waals surface area contributed by atoms with Crippen molar-refractivity contribution in [2.24, 2.45) is 5.92 Å². The molecule has 0 bridgehead atoms. The molecule has 132 valence electrons. The highest BCUT2D eigenvalue weighted by atomic mass is 16.5. The number of nitrogens with zero attached hydrogens (tertiary/aromatic N) is 3. The summed E-state index contributed by atoms with van der Waals surface area (Å²) in [7, 11) is 1.75. The zero-order chi connectivity index (χ0) is 17.9. The van der Waals surface area contributed by atoms with E-state index in [1.165, 1.54) is 4.90 Å². The lowest BCUT2D eigenvalue weighted by molar-refractivity contribution is -0.133. The predicted octanol–water partition coefficient (Wildman–Crippen LogP) is 1.67. The topological polar surface area (TPSA) is 88.8 Å². The number of hydrogen-bond donors (Lipinski definition) is 1. The van der Waals surface area contributed by atoms with E-state index in [1.54, 1.807) is 24.1 Å². The molecule has 7 heteroatoms. The van der Waals surface area contributed by atoms with Crippen molar-refractivity contribution in [2.45, 2.75) is 39.7 Å². The lowest BCUT2D eigenvalue weighted by atomic mass is 10.0. The second-order valence-electron chi connectivity index (χ2n) is 6.43. The van der Waals surface area contributed by atoms with Crippen molar-refractivity contribution in [3.05, 3.63) is 12.1 Å². The molecule has 0 saturated carbocycles. The van der Waals surface area contributed by atoms with E-state index in [1.807, 2.05) is 13.8 Å². The molecule has 1 aliphatic heterocycles.